The number of hydrogen-bond donors (Lipinski definition) is 6. The number of likely N-dealkylation sites (tertiary alicyclic amines) is 1. The monoisotopic (exact) mass is 486 g/mol. The molecule has 0 aromatic carbocycles. The minimum atomic E-state index is -4.96. The summed E-state index contributed by atoms with van der Waals surface area (Å²) in [5.74, 6) is 0.0899. The highest BCUT2D eigenvalue weighted by molar-refractivity contribution is 7.99. The number of carbonyl (C=O) groups excluding carboxylic acids is 1. The molecule has 11 nitrogen and oxygen atoms in total. The standard InChI is InChI=1S/C18H35N2O9PS/c1-5-6-10-7-11(20(3)8-10)17(24)19-12(9(2)21)15-13(22)14(23)16(18(28-15)31-4)29-30(25,26)27/h9-16,18,21-23H,5-8H2,1-4H3,(H,19,24)(H2,25,26,27). The highest BCUT2D eigenvalue weighted by Gasteiger charge is 2.51. The van der Waals surface area contributed by atoms with Gasteiger partial charge in [0.05, 0.1) is 18.2 Å². The molecule has 0 aliphatic carbocycles. The Morgan fingerprint density at radius 3 is 2.52 bits per heavy atom. The number of aliphatic hydroxyl groups excluding tert-OH is 3. The Morgan fingerprint density at radius 2 is 2.00 bits per heavy atom. The van der Waals surface area contributed by atoms with Crippen LogP contribution in [0.5, 0.6) is 0 Å². The lowest BCUT2D eigenvalue weighted by molar-refractivity contribution is -0.207. The molecule has 0 bridgehead atoms. The van der Waals surface area contributed by atoms with Crippen molar-refractivity contribution in [1.82, 2.24) is 10.2 Å². The van der Waals surface area contributed by atoms with Crippen LogP contribution < -0.4 is 5.32 Å². The molecule has 182 valence electrons. The van der Waals surface area contributed by atoms with Crippen LogP contribution in [0.1, 0.15) is 33.1 Å². The summed E-state index contributed by atoms with van der Waals surface area (Å²) < 4.78 is 21.6. The van der Waals surface area contributed by atoms with E-state index in [2.05, 4.69) is 16.8 Å². The number of nitrogens with one attached hydrogen (secondary N) is 1. The van der Waals surface area contributed by atoms with Crippen molar-refractivity contribution < 1.29 is 43.7 Å². The van der Waals surface area contributed by atoms with E-state index in [9.17, 15) is 24.7 Å². The Labute approximate surface area is 186 Å². The molecule has 2 aliphatic rings. The molecule has 0 aromatic heterocycles. The van der Waals surface area contributed by atoms with Gasteiger partial charge in [0.15, 0.2) is 0 Å². The molecule has 0 saturated carbocycles. The summed E-state index contributed by atoms with van der Waals surface area (Å²) in [4.78, 5) is 33.1. The molecule has 2 heterocycles. The first kappa shape index (κ1) is 27.0. The number of rotatable bonds is 9. The molecule has 6 N–H and O–H groups in total. The molecular formula is C18H35N2O9PS. The van der Waals surface area contributed by atoms with Crippen molar-refractivity contribution in [2.75, 3.05) is 19.8 Å². The van der Waals surface area contributed by atoms with Gasteiger partial charge in [-0.2, -0.15) is 0 Å². The molecule has 0 spiro atoms. The SMILES string of the molecule is CCCC1CC(C(=O)NC(C(C)O)C2OC(SC)C(OP(=O)(O)O)C(O)C2O)N(C)C1. The summed E-state index contributed by atoms with van der Waals surface area (Å²) in [5, 5.41) is 34.1. The highest BCUT2D eigenvalue weighted by Crippen LogP contribution is 2.43. The normalized spacial score (nSPS) is 36.9. The van der Waals surface area contributed by atoms with Crippen molar-refractivity contribution in [2.45, 2.75) is 81.1 Å². The first-order valence-electron chi connectivity index (χ1n) is 10.4. The van der Waals surface area contributed by atoms with E-state index in [1.807, 2.05) is 11.9 Å². The Balaban J connectivity index is 2.15. The number of phosphoric acid groups is 1. The zero-order chi connectivity index (χ0) is 23.5. The van der Waals surface area contributed by atoms with Gasteiger partial charge in [0.1, 0.15) is 29.9 Å². The van der Waals surface area contributed by atoms with E-state index in [4.69, 9.17) is 14.5 Å². The Bertz CT molecular complexity index is 650. The molecular weight excluding hydrogens is 451 g/mol. The van der Waals surface area contributed by atoms with Gasteiger partial charge in [0.25, 0.3) is 0 Å². The second kappa shape index (κ2) is 11.2. The van der Waals surface area contributed by atoms with Crippen molar-refractivity contribution >= 4 is 25.5 Å². The van der Waals surface area contributed by atoms with Crippen molar-refractivity contribution in [3.05, 3.63) is 0 Å². The summed E-state index contributed by atoms with van der Waals surface area (Å²) in [6.07, 6.45) is -2.90. The second-order valence-corrected chi connectivity index (χ2v) is 10.5. The molecule has 31 heavy (non-hydrogen) atoms. The number of carbonyl (C=O) groups is 1. The van der Waals surface area contributed by atoms with Crippen LogP contribution in [0, 0.1) is 5.92 Å². The predicted molar refractivity (Wildman–Crippen MR) is 114 cm³/mol. The molecule has 13 heteroatoms. The summed E-state index contributed by atoms with van der Waals surface area (Å²) in [6.45, 7) is 4.32. The lowest BCUT2D eigenvalue weighted by Crippen LogP contribution is -2.66. The Hall–Kier alpha value is -0.270. The van der Waals surface area contributed by atoms with Crippen LogP contribution in [0.25, 0.3) is 0 Å². The lowest BCUT2D eigenvalue weighted by Gasteiger charge is -2.45. The fourth-order valence-electron chi connectivity index (χ4n) is 4.39. The Morgan fingerprint density at radius 1 is 1.35 bits per heavy atom. The first-order valence-corrected chi connectivity index (χ1v) is 13.2. The first-order chi connectivity index (χ1) is 14.4. The van der Waals surface area contributed by atoms with Crippen LogP contribution in [-0.4, -0.2) is 104 Å². The maximum Gasteiger partial charge on any atom is 0.470 e. The van der Waals surface area contributed by atoms with Crippen LogP contribution >= 0.6 is 19.6 Å². The molecule has 9 unspecified atom stereocenters. The quantitative estimate of drug-likeness (QED) is 0.227. The second-order valence-electron chi connectivity index (χ2n) is 8.37. The molecule has 2 fully saturated rings. The molecule has 2 rings (SSSR count). The molecule has 0 aromatic rings. The van der Waals surface area contributed by atoms with Crippen molar-refractivity contribution in [3.63, 3.8) is 0 Å². The summed E-state index contributed by atoms with van der Waals surface area (Å²) in [5.41, 5.74) is -1.04. The third-order valence-corrected chi connectivity index (χ3v) is 7.25. The summed E-state index contributed by atoms with van der Waals surface area (Å²) >= 11 is 1.02. The van der Waals surface area contributed by atoms with E-state index in [0.717, 1.165) is 31.1 Å². The predicted octanol–water partition coefficient (Wildman–Crippen LogP) is -0.740. The summed E-state index contributed by atoms with van der Waals surface area (Å²) in [7, 11) is -3.09. The van der Waals surface area contributed by atoms with Gasteiger partial charge < -0.3 is 35.2 Å². The lowest BCUT2D eigenvalue weighted by atomic mass is 9.92. The smallest absolute Gasteiger partial charge is 0.391 e. The number of thioether (sulfide) groups is 1. The zero-order valence-electron chi connectivity index (χ0n) is 18.2. The van der Waals surface area contributed by atoms with Crippen LogP contribution in [0.3, 0.4) is 0 Å². The zero-order valence-corrected chi connectivity index (χ0v) is 19.9. The topological polar surface area (TPSA) is 169 Å². The highest BCUT2D eigenvalue weighted by atomic mass is 32.2. The number of amides is 1. The summed E-state index contributed by atoms with van der Waals surface area (Å²) in [6, 6.07) is -1.44. The van der Waals surface area contributed by atoms with E-state index in [1.54, 1.807) is 6.26 Å². The Kier molecular flexibility index (Phi) is 9.78. The maximum atomic E-state index is 13.0. The maximum absolute atomic E-state index is 13.0. The van der Waals surface area contributed by atoms with Gasteiger partial charge in [-0.1, -0.05) is 13.3 Å². The van der Waals surface area contributed by atoms with E-state index < -0.39 is 49.8 Å². The van der Waals surface area contributed by atoms with Crippen molar-refractivity contribution in [3.8, 4) is 0 Å². The third-order valence-electron chi connectivity index (χ3n) is 5.89. The van der Waals surface area contributed by atoms with E-state index in [0.29, 0.717) is 12.3 Å². The van der Waals surface area contributed by atoms with Crippen LogP contribution in [0.15, 0.2) is 0 Å². The van der Waals surface area contributed by atoms with E-state index in [1.165, 1.54) is 6.92 Å². The number of likely N-dealkylation sites (N-methyl/N-ethyl adjacent to an activating group) is 1. The fraction of sp³-hybridized carbons (Fsp3) is 0.944. The van der Waals surface area contributed by atoms with Gasteiger partial charge in [0.2, 0.25) is 5.91 Å². The average molecular weight is 487 g/mol. The van der Waals surface area contributed by atoms with Gasteiger partial charge in [-0.25, -0.2) is 4.57 Å². The third kappa shape index (κ3) is 6.86. The number of nitrogens with zero attached hydrogens (tertiary/aromatic N) is 1. The van der Waals surface area contributed by atoms with E-state index in [-0.39, 0.29) is 11.9 Å². The molecule has 1 amide bonds. The van der Waals surface area contributed by atoms with E-state index >= 15 is 0 Å². The van der Waals surface area contributed by atoms with Crippen LogP contribution in [-0.2, 0) is 18.6 Å². The minimum Gasteiger partial charge on any atom is -0.391 e. The number of hydrogen-bond acceptors (Lipinski definition) is 9. The number of phosphoric ester groups is 1. The van der Waals surface area contributed by atoms with Crippen molar-refractivity contribution in [2.24, 2.45) is 5.92 Å². The molecule has 2 aliphatic heterocycles. The number of ether oxygens (including phenoxy) is 1. The van der Waals surface area contributed by atoms with Gasteiger partial charge in [0, 0.05) is 6.54 Å². The molecule has 2 saturated heterocycles. The minimum absolute atomic E-state index is 0.313. The number of aliphatic hydroxyl groups is 3. The van der Waals surface area contributed by atoms with Crippen molar-refractivity contribution in [1.29, 1.82) is 0 Å². The largest absolute Gasteiger partial charge is 0.470 e. The average Bonchev–Trinajstić information content (AvgIpc) is 3.03. The fourth-order valence-corrected chi connectivity index (χ4v) is 5.75. The van der Waals surface area contributed by atoms with Crippen LogP contribution in [0.4, 0.5) is 0 Å². The molecule has 9 atom stereocenters. The van der Waals surface area contributed by atoms with Gasteiger partial charge in [-0.05, 0) is 39.0 Å². The van der Waals surface area contributed by atoms with Gasteiger partial charge >= 0.3 is 7.82 Å². The van der Waals surface area contributed by atoms with Crippen LogP contribution in [0.2, 0.25) is 0 Å². The molecule has 0 radical (unpaired) electrons. The van der Waals surface area contributed by atoms with Gasteiger partial charge in [-0.15, -0.1) is 11.8 Å². The van der Waals surface area contributed by atoms with Gasteiger partial charge in [-0.3, -0.25) is 14.2 Å².